The van der Waals surface area contributed by atoms with Gasteiger partial charge in [0.05, 0.1) is 4.90 Å². The van der Waals surface area contributed by atoms with Gasteiger partial charge < -0.3 is 0 Å². The number of pyridine rings is 1. The fourth-order valence-electron chi connectivity index (χ4n) is 1.17. The lowest BCUT2D eigenvalue weighted by Gasteiger charge is -2.01. The molecule has 0 bridgehead atoms. The maximum absolute atomic E-state index is 11.9. The average molecular weight is 218 g/mol. The van der Waals surface area contributed by atoms with Crippen molar-refractivity contribution < 1.29 is 8.42 Å². The monoisotopic (exact) mass is 218 g/mol. The van der Waals surface area contributed by atoms with Gasteiger partial charge in [-0.2, -0.15) is 0 Å². The Kier molecular flexibility index (Phi) is 2.51. The number of hydrogen-bond donors (Lipinski definition) is 0. The Morgan fingerprint density at radius 3 is 2.40 bits per heavy atom. The molecule has 0 aliphatic rings. The van der Waals surface area contributed by atoms with E-state index in [1.807, 2.05) is 0 Å². The van der Waals surface area contributed by atoms with E-state index in [4.69, 9.17) is 0 Å². The van der Waals surface area contributed by atoms with Crippen molar-refractivity contribution in [2.45, 2.75) is 9.92 Å². The maximum atomic E-state index is 11.9. The van der Waals surface area contributed by atoms with E-state index in [0.29, 0.717) is 0 Å². The standard InChI is InChI=1S/C11H8NO2S/c13-15(14,10-6-2-1-3-7-10)11-8-4-5-9-12-11/h1-7,9H. The smallest absolute Gasteiger partial charge is 0.224 e. The van der Waals surface area contributed by atoms with Gasteiger partial charge in [-0.05, 0) is 24.3 Å². The molecule has 0 atom stereocenters. The lowest BCUT2D eigenvalue weighted by molar-refractivity contribution is 0.592. The number of hydrogen-bond acceptors (Lipinski definition) is 3. The minimum atomic E-state index is -3.51. The highest BCUT2D eigenvalue weighted by Crippen LogP contribution is 2.16. The number of sulfone groups is 1. The predicted molar refractivity (Wildman–Crippen MR) is 55.0 cm³/mol. The molecule has 0 saturated heterocycles. The second-order valence-electron chi connectivity index (χ2n) is 2.90. The van der Waals surface area contributed by atoms with Crippen LogP contribution in [0, 0.1) is 6.07 Å². The van der Waals surface area contributed by atoms with Gasteiger partial charge in [0.25, 0.3) is 0 Å². The molecule has 75 valence electrons. The summed E-state index contributed by atoms with van der Waals surface area (Å²) < 4.78 is 23.9. The molecule has 0 amide bonds. The zero-order valence-electron chi connectivity index (χ0n) is 7.79. The molecular formula is C11H8NO2S. The van der Waals surface area contributed by atoms with E-state index in [9.17, 15) is 8.42 Å². The molecule has 0 aliphatic heterocycles. The molecule has 4 heteroatoms. The number of aromatic nitrogens is 1. The largest absolute Gasteiger partial charge is 0.244 e. The van der Waals surface area contributed by atoms with Gasteiger partial charge in [0, 0.05) is 12.3 Å². The first-order chi connectivity index (χ1) is 7.21. The highest BCUT2D eigenvalue weighted by molar-refractivity contribution is 7.91. The summed E-state index contributed by atoms with van der Waals surface area (Å²) >= 11 is 0. The Labute approximate surface area is 88.3 Å². The molecule has 0 N–H and O–H groups in total. The van der Waals surface area contributed by atoms with E-state index >= 15 is 0 Å². The topological polar surface area (TPSA) is 47.0 Å². The highest BCUT2D eigenvalue weighted by Gasteiger charge is 2.17. The second kappa shape index (κ2) is 3.82. The van der Waals surface area contributed by atoms with E-state index in [-0.39, 0.29) is 9.92 Å². The summed E-state index contributed by atoms with van der Waals surface area (Å²) in [6.07, 6.45) is 1.44. The van der Waals surface area contributed by atoms with Crippen molar-refractivity contribution in [3.8, 4) is 0 Å². The van der Waals surface area contributed by atoms with Crippen LogP contribution >= 0.6 is 0 Å². The Balaban J connectivity index is 2.55. The van der Waals surface area contributed by atoms with E-state index in [1.54, 1.807) is 24.3 Å². The van der Waals surface area contributed by atoms with Crippen molar-refractivity contribution in [3.05, 3.63) is 54.7 Å². The van der Waals surface area contributed by atoms with Gasteiger partial charge in [-0.15, -0.1) is 0 Å². The first-order valence-electron chi connectivity index (χ1n) is 4.34. The van der Waals surface area contributed by atoms with Crippen LogP contribution in [0.3, 0.4) is 0 Å². The maximum Gasteiger partial charge on any atom is 0.224 e. The lowest BCUT2D eigenvalue weighted by atomic mass is 10.4. The first kappa shape index (κ1) is 9.86. The van der Waals surface area contributed by atoms with Gasteiger partial charge >= 0.3 is 0 Å². The molecule has 2 rings (SSSR count). The zero-order valence-corrected chi connectivity index (χ0v) is 8.61. The Hall–Kier alpha value is -1.68. The van der Waals surface area contributed by atoms with Gasteiger partial charge in [0.15, 0.2) is 5.03 Å². The van der Waals surface area contributed by atoms with Gasteiger partial charge in [-0.25, -0.2) is 13.4 Å². The van der Waals surface area contributed by atoms with Crippen molar-refractivity contribution in [2.24, 2.45) is 0 Å². The SMILES string of the molecule is O=S(=O)(c1ccccc1)c1[c]cccn1. The van der Waals surface area contributed by atoms with Crippen molar-refractivity contribution in [3.63, 3.8) is 0 Å². The summed E-state index contributed by atoms with van der Waals surface area (Å²) in [5.74, 6) is 0. The summed E-state index contributed by atoms with van der Waals surface area (Å²) in [5.41, 5.74) is 0. The summed E-state index contributed by atoms with van der Waals surface area (Å²) in [5, 5.41) is -0.0452. The van der Waals surface area contributed by atoms with Crippen LogP contribution in [0.1, 0.15) is 0 Å². The van der Waals surface area contributed by atoms with Crippen LogP contribution in [0.25, 0.3) is 0 Å². The molecule has 1 radical (unpaired) electrons. The van der Waals surface area contributed by atoms with Gasteiger partial charge in [0.1, 0.15) is 0 Å². The molecule has 1 heterocycles. The zero-order chi connectivity index (χ0) is 10.7. The fourth-order valence-corrected chi connectivity index (χ4v) is 2.33. The molecule has 0 aliphatic carbocycles. The van der Waals surface area contributed by atoms with Crippen LogP contribution in [0.5, 0.6) is 0 Å². The third-order valence-corrected chi connectivity index (χ3v) is 3.51. The van der Waals surface area contributed by atoms with Crippen LogP contribution in [0.15, 0.2) is 58.6 Å². The van der Waals surface area contributed by atoms with E-state index in [1.165, 1.54) is 24.4 Å². The molecule has 0 saturated carbocycles. The lowest BCUT2D eigenvalue weighted by Crippen LogP contribution is -2.03. The number of rotatable bonds is 2. The van der Waals surface area contributed by atoms with Gasteiger partial charge in [0.2, 0.25) is 9.84 Å². The molecule has 0 unspecified atom stereocenters. The fraction of sp³-hybridized carbons (Fsp3) is 0. The van der Waals surface area contributed by atoms with Crippen LogP contribution in [0.4, 0.5) is 0 Å². The van der Waals surface area contributed by atoms with Crippen LogP contribution in [0.2, 0.25) is 0 Å². The third-order valence-electron chi connectivity index (χ3n) is 1.89. The minimum Gasteiger partial charge on any atom is -0.244 e. The molecule has 1 aromatic heterocycles. The predicted octanol–water partition coefficient (Wildman–Crippen LogP) is 1.71. The van der Waals surface area contributed by atoms with Gasteiger partial charge in [-0.3, -0.25) is 0 Å². The van der Waals surface area contributed by atoms with Gasteiger partial charge in [-0.1, -0.05) is 18.2 Å². The Bertz CT molecular complexity index is 490. The number of nitrogens with zero attached hydrogens (tertiary/aromatic N) is 1. The first-order valence-corrected chi connectivity index (χ1v) is 5.82. The average Bonchev–Trinajstić information content (AvgIpc) is 2.31. The molecule has 3 nitrogen and oxygen atoms in total. The van der Waals surface area contributed by atoms with Crippen molar-refractivity contribution in [2.75, 3.05) is 0 Å². The van der Waals surface area contributed by atoms with E-state index < -0.39 is 9.84 Å². The second-order valence-corrected chi connectivity index (χ2v) is 4.77. The highest BCUT2D eigenvalue weighted by atomic mass is 32.2. The van der Waals surface area contributed by atoms with Crippen LogP contribution in [-0.2, 0) is 9.84 Å². The van der Waals surface area contributed by atoms with Crippen molar-refractivity contribution >= 4 is 9.84 Å². The molecule has 0 spiro atoms. The number of benzene rings is 1. The van der Waals surface area contributed by atoms with Crippen LogP contribution in [-0.4, -0.2) is 13.4 Å². The summed E-state index contributed by atoms with van der Waals surface area (Å²) in [6.45, 7) is 0. The summed E-state index contributed by atoms with van der Waals surface area (Å²) in [4.78, 5) is 4.02. The van der Waals surface area contributed by atoms with Crippen LogP contribution < -0.4 is 0 Å². The third kappa shape index (κ3) is 1.89. The van der Waals surface area contributed by atoms with Crippen molar-refractivity contribution in [1.29, 1.82) is 0 Å². The normalized spacial score (nSPS) is 11.2. The molecule has 1 aromatic carbocycles. The molecule has 0 fully saturated rings. The Morgan fingerprint density at radius 1 is 1.07 bits per heavy atom. The Morgan fingerprint density at radius 2 is 1.80 bits per heavy atom. The van der Waals surface area contributed by atoms with Crippen molar-refractivity contribution in [1.82, 2.24) is 4.98 Å². The molecular weight excluding hydrogens is 210 g/mol. The molecule has 15 heavy (non-hydrogen) atoms. The molecule has 2 aromatic rings. The van der Waals surface area contributed by atoms with E-state index in [2.05, 4.69) is 11.1 Å². The summed E-state index contributed by atoms with van der Waals surface area (Å²) in [7, 11) is -3.51. The summed E-state index contributed by atoms with van der Waals surface area (Å²) in [6, 6.07) is 14.0. The van der Waals surface area contributed by atoms with E-state index in [0.717, 1.165) is 0 Å². The quantitative estimate of drug-likeness (QED) is 0.771. The minimum absolute atomic E-state index is 0.0452.